The summed E-state index contributed by atoms with van der Waals surface area (Å²) in [5.41, 5.74) is 5.04. The smallest absolute Gasteiger partial charge is 0.0762 e. The molecule has 1 N–H and O–H groups in total. The van der Waals surface area contributed by atoms with Gasteiger partial charge in [0.1, 0.15) is 0 Å². The third-order valence-corrected chi connectivity index (χ3v) is 3.18. The van der Waals surface area contributed by atoms with Gasteiger partial charge in [-0.15, -0.1) is 0 Å². The van der Waals surface area contributed by atoms with E-state index in [1.807, 2.05) is 4.68 Å². The monoisotopic (exact) mass is 271 g/mol. The summed E-state index contributed by atoms with van der Waals surface area (Å²) in [6, 6.07) is 8.75. The summed E-state index contributed by atoms with van der Waals surface area (Å²) in [6.07, 6.45) is 2.06. The molecule has 0 spiro atoms. The number of aryl methyl sites for hydroxylation is 2. The molecule has 2 rings (SSSR count). The van der Waals surface area contributed by atoms with Gasteiger partial charge in [0.05, 0.1) is 12.2 Å². The second kappa shape index (κ2) is 6.71. The summed E-state index contributed by atoms with van der Waals surface area (Å²) in [4.78, 5) is 0. The zero-order valence-corrected chi connectivity index (χ0v) is 13.0. The highest BCUT2D eigenvalue weighted by Gasteiger charge is 2.02. The predicted molar refractivity (Wildman–Crippen MR) is 83.8 cm³/mol. The van der Waals surface area contributed by atoms with Crippen LogP contribution < -0.4 is 5.32 Å². The number of hydrogen-bond acceptors (Lipinski definition) is 2. The standard InChI is InChI=1S/C17H25N3/c1-13(2)10-18-11-17-5-6-20(19-17)12-16-8-14(3)7-15(4)9-16/h5-9,13,18H,10-12H2,1-4H3. The van der Waals surface area contributed by atoms with Crippen LogP contribution in [0.2, 0.25) is 0 Å². The first-order chi connectivity index (χ1) is 9.52. The van der Waals surface area contributed by atoms with E-state index in [2.05, 4.69) is 68.6 Å². The number of benzene rings is 1. The number of nitrogens with zero attached hydrogens (tertiary/aromatic N) is 2. The normalized spacial score (nSPS) is 11.2. The molecule has 0 radical (unpaired) electrons. The molecule has 0 aliphatic rings. The highest BCUT2D eigenvalue weighted by atomic mass is 15.3. The Morgan fingerprint density at radius 1 is 1.15 bits per heavy atom. The summed E-state index contributed by atoms with van der Waals surface area (Å²) >= 11 is 0. The Morgan fingerprint density at radius 3 is 2.50 bits per heavy atom. The average molecular weight is 271 g/mol. The maximum atomic E-state index is 4.62. The number of hydrogen-bond donors (Lipinski definition) is 1. The van der Waals surface area contributed by atoms with Crippen molar-refractivity contribution in [3.63, 3.8) is 0 Å². The highest BCUT2D eigenvalue weighted by molar-refractivity contribution is 5.28. The molecule has 0 bridgehead atoms. The molecule has 0 aliphatic heterocycles. The molecule has 1 aromatic heterocycles. The Morgan fingerprint density at radius 2 is 1.85 bits per heavy atom. The number of aromatic nitrogens is 2. The van der Waals surface area contributed by atoms with Gasteiger partial charge in [-0.25, -0.2) is 0 Å². The Hall–Kier alpha value is -1.61. The van der Waals surface area contributed by atoms with E-state index in [1.54, 1.807) is 0 Å². The van der Waals surface area contributed by atoms with Crippen LogP contribution in [0.1, 0.15) is 36.2 Å². The maximum absolute atomic E-state index is 4.62. The van der Waals surface area contributed by atoms with Crippen LogP contribution >= 0.6 is 0 Å². The lowest BCUT2D eigenvalue weighted by atomic mass is 10.1. The van der Waals surface area contributed by atoms with Crippen molar-refractivity contribution in [2.24, 2.45) is 5.92 Å². The molecule has 0 aliphatic carbocycles. The van der Waals surface area contributed by atoms with E-state index in [0.717, 1.165) is 25.3 Å². The minimum atomic E-state index is 0.673. The van der Waals surface area contributed by atoms with Gasteiger partial charge in [0.2, 0.25) is 0 Å². The van der Waals surface area contributed by atoms with Crippen molar-refractivity contribution in [3.8, 4) is 0 Å². The lowest BCUT2D eigenvalue weighted by Gasteiger charge is -2.06. The molecule has 108 valence electrons. The molecule has 2 aromatic rings. The Kier molecular flexibility index (Phi) is 4.96. The van der Waals surface area contributed by atoms with Gasteiger partial charge in [-0.05, 0) is 37.9 Å². The maximum Gasteiger partial charge on any atom is 0.0762 e. The SMILES string of the molecule is Cc1cc(C)cc(Cn2ccc(CNCC(C)C)n2)c1. The molecule has 1 heterocycles. The van der Waals surface area contributed by atoms with E-state index in [9.17, 15) is 0 Å². The average Bonchev–Trinajstić information content (AvgIpc) is 2.74. The van der Waals surface area contributed by atoms with Crippen LogP contribution in [-0.2, 0) is 13.1 Å². The van der Waals surface area contributed by atoms with E-state index in [1.165, 1.54) is 16.7 Å². The van der Waals surface area contributed by atoms with Crippen LogP contribution in [0.5, 0.6) is 0 Å². The summed E-state index contributed by atoms with van der Waals surface area (Å²) in [5, 5.41) is 8.04. The molecular weight excluding hydrogens is 246 g/mol. The van der Waals surface area contributed by atoms with E-state index in [-0.39, 0.29) is 0 Å². The molecule has 0 unspecified atom stereocenters. The van der Waals surface area contributed by atoms with Gasteiger partial charge in [0.25, 0.3) is 0 Å². The third-order valence-electron chi connectivity index (χ3n) is 3.18. The van der Waals surface area contributed by atoms with Gasteiger partial charge in [0, 0.05) is 12.7 Å². The Bertz CT molecular complexity index is 535. The van der Waals surface area contributed by atoms with Crippen LogP contribution in [0.4, 0.5) is 0 Å². The molecule has 3 heteroatoms. The molecular formula is C17H25N3. The van der Waals surface area contributed by atoms with Crippen LogP contribution in [-0.4, -0.2) is 16.3 Å². The largest absolute Gasteiger partial charge is 0.311 e. The minimum absolute atomic E-state index is 0.673. The van der Waals surface area contributed by atoms with Crippen molar-refractivity contribution >= 4 is 0 Å². The molecule has 0 fully saturated rings. The fourth-order valence-electron chi connectivity index (χ4n) is 2.42. The Labute approximate surface area is 122 Å². The van der Waals surface area contributed by atoms with Gasteiger partial charge in [-0.3, -0.25) is 4.68 Å². The fraction of sp³-hybridized carbons (Fsp3) is 0.471. The quantitative estimate of drug-likeness (QED) is 0.873. The molecule has 0 saturated heterocycles. The molecule has 0 amide bonds. The second-order valence-corrected chi connectivity index (χ2v) is 6.03. The lowest BCUT2D eigenvalue weighted by Crippen LogP contribution is -2.19. The molecule has 0 saturated carbocycles. The number of nitrogens with one attached hydrogen (secondary N) is 1. The first-order valence-electron chi connectivity index (χ1n) is 7.33. The molecule has 1 aromatic carbocycles. The van der Waals surface area contributed by atoms with Crippen molar-refractivity contribution < 1.29 is 0 Å². The predicted octanol–water partition coefficient (Wildman–Crippen LogP) is 3.29. The summed E-state index contributed by atoms with van der Waals surface area (Å²) in [5.74, 6) is 0.673. The van der Waals surface area contributed by atoms with Crippen molar-refractivity contribution in [3.05, 3.63) is 52.8 Å². The van der Waals surface area contributed by atoms with E-state index in [0.29, 0.717) is 5.92 Å². The van der Waals surface area contributed by atoms with Gasteiger partial charge < -0.3 is 5.32 Å². The zero-order valence-electron chi connectivity index (χ0n) is 13.0. The number of rotatable bonds is 6. The van der Waals surface area contributed by atoms with Crippen molar-refractivity contribution in [1.82, 2.24) is 15.1 Å². The van der Waals surface area contributed by atoms with Crippen LogP contribution in [0.15, 0.2) is 30.5 Å². The summed E-state index contributed by atoms with van der Waals surface area (Å²) in [6.45, 7) is 11.4. The van der Waals surface area contributed by atoms with E-state index < -0.39 is 0 Å². The summed E-state index contributed by atoms with van der Waals surface area (Å²) < 4.78 is 2.01. The molecule has 3 nitrogen and oxygen atoms in total. The molecule has 20 heavy (non-hydrogen) atoms. The zero-order chi connectivity index (χ0) is 14.5. The van der Waals surface area contributed by atoms with Crippen LogP contribution in [0, 0.1) is 19.8 Å². The van der Waals surface area contributed by atoms with Gasteiger partial charge in [-0.2, -0.15) is 5.10 Å². The lowest BCUT2D eigenvalue weighted by molar-refractivity contribution is 0.543. The van der Waals surface area contributed by atoms with Gasteiger partial charge >= 0.3 is 0 Å². The first kappa shape index (κ1) is 14.8. The topological polar surface area (TPSA) is 29.9 Å². The molecule has 0 atom stereocenters. The Balaban J connectivity index is 1.95. The van der Waals surface area contributed by atoms with Gasteiger partial charge in [-0.1, -0.05) is 43.2 Å². The van der Waals surface area contributed by atoms with Crippen molar-refractivity contribution in [2.75, 3.05) is 6.54 Å². The van der Waals surface area contributed by atoms with Crippen molar-refractivity contribution in [1.29, 1.82) is 0 Å². The van der Waals surface area contributed by atoms with Crippen molar-refractivity contribution in [2.45, 2.75) is 40.8 Å². The van der Waals surface area contributed by atoms with Crippen LogP contribution in [0.25, 0.3) is 0 Å². The first-order valence-corrected chi connectivity index (χ1v) is 7.33. The van der Waals surface area contributed by atoms with Gasteiger partial charge in [0.15, 0.2) is 0 Å². The van der Waals surface area contributed by atoms with E-state index >= 15 is 0 Å². The summed E-state index contributed by atoms with van der Waals surface area (Å²) in [7, 11) is 0. The minimum Gasteiger partial charge on any atom is -0.311 e. The highest BCUT2D eigenvalue weighted by Crippen LogP contribution is 2.10. The van der Waals surface area contributed by atoms with Crippen LogP contribution in [0.3, 0.4) is 0 Å². The second-order valence-electron chi connectivity index (χ2n) is 6.03. The third kappa shape index (κ3) is 4.49. The van der Waals surface area contributed by atoms with E-state index in [4.69, 9.17) is 0 Å². The fourth-order valence-corrected chi connectivity index (χ4v) is 2.42.